The van der Waals surface area contributed by atoms with Crippen LogP contribution < -0.4 is 10.2 Å². The van der Waals surface area contributed by atoms with E-state index >= 15 is 0 Å². The van der Waals surface area contributed by atoms with E-state index in [1.165, 1.54) is 11.3 Å². The Labute approximate surface area is 216 Å². The number of hydrogen-bond donors (Lipinski definition) is 1. The van der Waals surface area contributed by atoms with Crippen LogP contribution in [0.5, 0.6) is 0 Å². The number of nitriles is 1. The van der Waals surface area contributed by atoms with Crippen LogP contribution in [-0.4, -0.2) is 36.3 Å². The third kappa shape index (κ3) is 6.42. The predicted octanol–water partition coefficient (Wildman–Crippen LogP) is 5.54. The molecule has 0 atom stereocenters. The lowest BCUT2D eigenvalue weighted by Gasteiger charge is -2.28. The van der Waals surface area contributed by atoms with Gasteiger partial charge in [-0.1, -0.05) is 36.0 Å². The van der Waals surface area contributed by atoms with Crippen molar-refractivity contribution in [2.75, 3.05) is 36.5 Å². The quantitative estimate of drug-likeness (QED) is 0.323. The summed E-state index contributed by atoms with van der Waals surface area (Å²) >= 11 is 1.63. The van der Waals surface area contributed by atoms with E-state index < -0.39 is 0 Å². The molecule has 1 N–H and O–H groups in total. The number of rotatable bonds is 8. The Bertz CT molecular complexity index is 1330. The largest absolute Gasteiger partial charge is 0.381 e. The number of morpholine rings is 1. The fourth-order valence-electron chi connectivity index (χ4n) is 4.07. The molecular formula is C29H27N5OS. The summed E-state index contributed by atoms with van der Waals surface area (Å²) in [7, 11) is 0. The summed E-state index contributed by atoms with van der Waals surface area (Å²) in [6, 6.07) is 28.8. The molecule has 36 heavy (non-hydrogen) atoms. The standard InChI is InChI=1S/C29H27N5OS/c30-20-23-2-1-3-24(18-23)21-32-25-6-10-27(11-7-25)36-29-12-13-31-28(33-29)19-22-4-8-26(9-5-22)34-14-16-35-17-15-34/h1-13,18,32H,14-17,19,21H2. The number of hydrogen-bond acceptors (Lipinski definition) is 7. The first-order chi connectivity index (χ1) is 17.7. The summed E-state index contributed by atoms with van der Waals surface area (Å²) in [5.74, 6) is 0.817. The van der Waals surface area contributed by atoms with Gasteiger partial charge in [0, 0.05) is 48.5 Å². The molecule has 1 saturated heterocycles. The van der Waals surface area contributed by atoms with Gasteiger partial charge in [-0.3, -0.25) is 0 Å². The van der Waals surface area contributed by atoms with Crippen molar-refractivity contribution in [3.05, 3.63) is 108 Å². The van der Waals surface area contributed by atoms with Gasteiger partial charge < -0.3 is 15.0 Å². The topological polar surface area (TPSA) is 74.1 Å². The van der Waals surface area contributed by atoms with Gasteiger partial charge in [0.25, 0.3) is 0 Å². The van der Waals surface area contributed by atoms with E-state index in [0.717, 1.165) is 53.3 Å². The fraction of sp³-hybridized carbons (Fsp3) is 0.207. The summed E-state index contributed by atoms with van der Waals surface area (Å²) in [6.07, 6.45) is 2.53. The Balaban J connectivity index is 1.16. The minimum Gasteiger partial charge on any atom is -0.381 e. The molecule has 1 aliphatic rings. The van der Waals surface area contributed by atoms with Crippen LogP contribution in [0.15, 0.2) is 95.0 Å². The molecule has 5 rings (SSSR count). The Morgan fingerprint density at radius 1 is 0.944 bits per heavy atom. The summed E-state index contributed by atoms with van der Waals surface area (Å²) in [6.45, 7) is 4.13. The fourth-order valence-corrected chi connectivity index (χ4v) is 4.86. The van der Waals surface area contributed by atoms with E-state index in [1.54, 1.807) is 11.8 Å². The summed E-state index contributed by atoms with van der Waals surface area (Å²) in [4.78, 5) is 12.7. The van der Waals surface area contributed by atoms with Gasteiger partial charge in [-0.25, -0.2) is 9.97 Å². The third-order valence-corrected chi connectivity index (χ3v) is 6.93. The van der Waals surface area contributed by atoms with Crippen LogP contribution in [0, 0.1) is 11.3 Å². The van der Waals surface area contributed by atoms with Crippen molar-refractivity contribution in [2.24, 2.45) is 0 Å². The second-order valence-corrected chi connectivity index (χ2v) is 9.64. The lowest BCUT2D eigenvalue weighted by atomic mass is 10.1. The van der Waals surface area contributed by atoms with Crippen LogP contribution >= 0.6 is 11.8 Å². The highest BCUT2D eigenvalue weighted by atomic mass is 32.2. The molecule has 0 radical (unpaired) electrons. The van der Waals surface area contributed by atoms with E-state index in [0.29, 0.717) is 18.5 Å². The van der Waals surface area contributed by atoms with Crippen molar-refractivity contribution in [1.82, 2.24) is 9.97 Å². The highest BCUT2D eigenvalue weighted by Crippen LogP contribution is 2.27. The zero-order valence-electron chi connectivity index (χ0n) is 19.9. The third-order valence-electron chi connectivity index (χ3n) is 5.98. The number of ether oxygens (including phenoxy) is 1. The minimum absolute atomic E-state index is 0.671. The van der Waals surface area contributed by atoms with Gasteiger partial charge in [-0.05, 0) is 65.7 Å². The smallest absolute Gasteiger partial charge is 0.133 e. The van der Waals surface area contributed by atoms with Crippen molar-refractivity contribution in [3.63, 3.8) is 0 Å². The lowest BCUT2D eigenvalue weighted by molar-refractivity contribution is 0.122. The predicted molar refractivity (Wildman–Crippen MR) is 143 cm³/mol. The van der Waals surface area contributed by atoms with Crippen molar-refractivity contribution in [1.29, 1.82) is 5.26 Å². The van der Waals surface area contributed by atoms with Gasteiger partial charge in [0.1, 0.15) is 10.9 Å². The van der Waals surface area contributed by atoms with E-state index in [4.69, 9.17) is 15.0 Å². The molecule has 6 nitrogen and oxygen atoms in total. The molecule has 0 unspecified atom stereocenters. The molecule has 0 spiro atoms. The number of aromatic nitrogens is 2. The summed E-state index contributed by atoms with van der Waals surface area (Å²) in [5, 5.41) is 13.4. The van der Waals surface area contributed by atoms with Crippen molar-refractivity contribution < 1.29 is 4.74 Å². The number of nitrogens with zero attached hydrogens (tertiary/aromatic N) is 4. The number of nitrogens with one attached hydrogen (secondary N) is 1. The zero-order chi connectivity index (χ0) is 24.6. The summed E-state index contributed by atoms with van der Waals surface area (Å²) < 4.78 is 5.45. The molecule has 3 aromatic carbocycles. The Morgan fingerprint density at radius 2 is 1.75 bits per heavy atom. The number of anilines is 2. The molecule has 1 aliphatic heterocycles. The number of benzene rings is 3. The maximum absolute atomic E-state index is 9.06. The van der Waals surface area contributed by atoms with Crippen LogP contribution in [0.1, 0.15) is 22.5 Å². The van der Waals surface area contributed by atoms with Gasteiger partial charge >= 0.3 is 0 Å². The van der Waals surface area contributed by atoms with Crippen LogP contribution in [0.4, 0.5) is 11.4 Å². The SMILES string of the molecule is N#Cc1cccc(CNc2ccc(Sc3ccnc(Cc4ccc(N5CCOCC5)cc4)n3)cc2)c1. The first-order valence-corrected chi connectivity index (χ1v) is 12.8. The van der Waals surface area contributed by atoms with Gasteiger partial charge in [0.2, 0.25) is 0 Å². The minimum atomic E-state index is 0.671. The Kier molecular flexibility index (Phi) is 7.76. The van der Waals surface area contributed by atoms with E-state index in [9.17, 15) is 0 Å². The second kappa shape index (κ2) is 11.7. The molecule has 7 heteroatoms. The average molecular weight is 494 g/mol. The van der Waals surface area contributed by atoms with Crippen molar-refractivity contribution in [2.45, 2.75) is 22.9 Å². The Morgan fingerprint density at radius 3 is 2.53 bits per heavy atom. The molecule has 180 valence electrons. The van der Waals surface area contributed by atoms with Crippen LogP contribution in [0.3, 0.4) is 0 Å². The Hall–Kier alpha value is -3.86. The van der Waals surface area contributed by atoms with E-state index in [1.807, 2.05) is 36.5 Å². The first kappa shape index (κ1) is 23.9. The molecule has 1 fully saturated rings. The monoisotopic (exact) mass is 493 g/mol. The van der Waals surface area contributed by atoms with Crippen LogP contribution in [0.2, 0.25) is 0 Å². The molecule has 0 saturated carbocycles. The van der Waals surface area contributed by atoms with Gasteiger partial charge in [-0.2, -0.15) is 5.26 Å². The lowest BCUT2D eigenvalue weighted by Crippen LogP contribution is -2.36. The first-order valence-electron chi connectivity index (χ1n) is 12.0. The van der Waals surface area contributed by atoms with E-state index in [-0.39, 0.29) is 0 Å². The van der Waals surface area contributed by atoms with Crippen molar-refractivity contribution in [3.8, 4) is 6.07 Å². The molecule has 1 aromatic heterocycles. The summed E-state index contributed by atoms with van der Waals surface area (Å²) in [5.41, 5.74) is 5.23. The molecule has 0 bridgehead atoms. The highest BCUT2D eigenvalue weighted by Gasteiger charge is 2.11. The van der Waals surface area contributed by atoms with Gasteiger partial charge in [0.15, 0.2) is 0 Å². The van der Waals surface area contributed by atoms with Crippen molar-refractivity contribution >= 4 is 23.1 Å². The maximum atomic E-state index is 9.06. The van der Waals surface area contributed by atoms with Gasteiger partial charge in [-0.15, -0.1) is 0 Å². The molecular weight excluding hydrogens is 466 g/mol. The van der Waals surface area contributed by atoms with Crippen LogP contribution in [0.25, 0.3) is 0 Å². The zero-order valence-corrected chi connectivity index (χ0v) is 20.7. The molecule has 4 aromatic rings. The molecule has 2 heterocycles. The average Bonchev–Trinajstić information content (AvgIpc) is 2.94. The molecule has 0 aliphatic carbocycles. The second-order valence-electron chi connectivity index (χ2n) is 8.55. The van der Waals surface area contributed by atoms with E-state index in [2.05, 4.69) is 69.8 Å². The van der Waals surface area contributed by atoms with Crippen LogP contribution in [-0.2, 0) is 17.7 Å². The molecule has 0 amide bonds. The highest BCUT2D eigenvalue weighted by molar-refractivity contribution is 7.99. The normalized spacial score (nSPS) is 13.2. The van der Waals surface area contributed by atoms with Gasteiger partial charge in [0.05, 0.1) is 24.8 Å². The maximum Gasteiger partial charge on any atom is 0.133 e.